The van der Waals surface area contributed by atoms with Crippen LogP contribution in [0.4, 0.5) is 0 Å². The smallest absolute Gasteiger partial charge is 0.303 e. The molecule has 4 nitrogen and oxygen atoms in total. The van der Waals surface area contributed by atoms with Gasteiger partial charge in [0.05, 0.1) is 0 Å². The van der Waals surface area contributed by atoms with Crippen molar-refractivity contribution < 1.29 is 19.4 Å². The molecule has 2 aliphatic carbocycles. The van der Waals surface area contributed by atoms with E-state index >= 15 is 0 Å². The molecule has 160 valence electrons. The minimum absolute atomic E-state index is 0.0781. The van der Waals surface area contributed by atoms with Gasteiger partial charge in [-0.3, -0.25) is 9.59 Å². The quantitative estimate of drug-likeness (QED) is 0.554. The molecule has 0 heterocycles. The van der Waals surface area contributed by atoms with Crippen molar-refractivity contribution in [1.82, 2.24) is 0 Å². The number of rotatable bonds is 8. The largest absolute Gasteiger partial charge is 0.481 e. The molecule has 0 amide bonds. The van der Waals surface area contributed by atoms with E-state index in [1.807, 2.05) is 6.92 Å². The van der Waals surface area contributed by atoms with Gasteiger partial charge in [0.15, 0.2) is 5.78 Å². The molecule has 0 bridgehead atoms. The monoisotopic (exact) mass is 392 g/mol. The Balaban J connectivity index is 2.35. The van der Waals surface area contributed by atoms with Crippen LogP contribution in [0.2, 0.25) is 0 Å². The van der Waals surface area contributed by atoms with E-state index in [1.165, 1.54) is 5.57 Å². The first-order valence-corrected chi connectivity index (χ1v) is 11.0. The minimum atomic E-state index is -0.742. The van der Waals surface area contributed by atoms with Gasteiger partial charge < -0.3 is 9.84 Å². The van der Waals surface area contributed by atoms with Crippen LogP contribution < -0.4 is 0 Å². The first-order valence-electron chi connectivity index (χ1n) is 11.0. The third-order valence-corrected chi connectivity index (χ3v) is 7.79. The molecule has 6 unspecified atom stereocenters. The lowest BCUT2D eigenvalue weighted by molar-refractivity contribution is -0.175. The van der Waals surface area contributed by atoms with Crippen molar-refractivity contribution in [2.45, 2.75) is 86.7 Å². The van der Waals surface area contributed by atoms with Crippen molar-refractivity contribution in [3.05, 3.63) is 11.6 Å². The number of ether oxygens (including phenoxy) is 1. The van der Waals surface area contributed by atoms with Gasteiger partial charge in [0.1, 0.15) is 6.10 Å². The molecule has 1 N–H and O–H groups in total. The molecule has 0 radical (unpaired) electrons. The average Bonchev–Trinajstić information content (AvgIpc) is 2.59. The summed E-state index contributed by atoms with van der Waals surface area (Å²) >= 11 is 0. The summed E-state index contributed by atoms with van der Waals surface area (Å²) in [6.45, 7) is 15.6. The van der Waals surface area contributed by atoms with Gasteiger partial charge in [-0.2, -0.15) is 0 Å². The Morgan fingerprint density at radius 3 is 2.54 bits per heavy atom. The highest BCUT2D eigenvalue weighted by Gasteiger charge is 2.61. The number of hydrogen-bond acceptors (Lipinski definition) is 3. The van der Waals surface area contributed by atoms with Crippen LogP contribution >= 0.6 is 0 Å². The molecule has 1 fully saturated rings. The van der Waals surface area contributed by atoms with Crippen molar-refractivity contribution in [1.29, 1.82) is 0 Å². The van der Waals surface area contributed by atoms with Crippen LogP contribution in [0.15, 0.2) is 11.6 Å². The third-order valence-electron chi connectivity index (χ3n) is 7.79. The Morgan fingerprint density at radius 2 is 1.96 bits per heavy atom. The number of ketones is 1. The van der Waals surface area contributed by atoms with Gasteiger partial charge in [-0.25, -0.2) is 0 Å². The second-order valence-corrected chi connectivity index (χ2v) is 10.3. The molecule has 0 aliphatic heterocycles. The van der Waals surface area contributed by atoms with Crippen LogP contribution in [0, 0.1) is 34.5 Å². The number of carbonyl (C=O) groups is 2. The predicted molar refractivity (Wildman–Crippen MR) is 112 cm³/mol. The van der Waals surface area contributed by atoms with Crippen molar-refractivity contribution >= 4 is 11.8 Å². The van der Waals surface area contributed by atoms with Crippen LogP contribution in [0.5, 0.6) is 0 Å². The molecule has 0 aromatic rings. The highest BCUT2D eigenvalue weighted by Crippen LogP contribution is 2.61. The van der Waals surface area contributed by atoms with Gasteiger partial charge in [0.2, 0.25) is 0 Å². The lowest BCUT2D eigenvalue weighted by Gasteiger charge is -2.60. The molecular formula is C24H40O4. The molecule has 2 aliphatic rings. The first-order chi connectivity index (χ1) is 12.9. The minimum Gasteiger partial charge on any atom is -0.481 e. The molecule has 4 heteroatoms. The second kappa shape index (κ2) is 8.69. The average molecular weight is 393 g/mol. The van der Waals surface area contributed by atoms with Crippen molar-refractivity contribution in [3.63, 3.8) is 0 Å². The van der Waals surface area contributed by atoms with Crippen LogP contribution in [-0.4, -0.2) is 29.6 Å². The van der Waals surface area contributed by atoms with E-state index in [0.29, 0.717) is 18.4 Å². The molecule has 0 spiro atoms. The van der Waals surface area contributed by atoms with E-state index in [-0.39, 0.29) is 41.0 Å². The summed E-state index contributed by atoms with van der Waals surface area (Å²) in [5.41, 5.74) is 0.871. The summed E-state index contributed by atoms with van der Waals surface area (Å²) in [6, 6.07) is 0. The van der Waals surface area contributed by atoms with Crippen molar-refractivity contribution in [3.8, 4) is 0 Å². The third kappa shape index (κ3) is 4.22. The number of allylic oxidation sites excluding steroid dienone is 1. The van der Waals surface area contributed by atoms with Gasteiger partial charge in [-0.15, -0.1) is 0 Å². The summed E-state index contributed by atoms with van der Waals surface area (Å²) in [5.74, 6) is 0.287. The predicted octanol–water partition coefficient (Wildman–Crippen LogP) is 5.51. The summed E-state index contributed by atoms with van der Waals surface area (Å²) in [5, 5.41) is 9.10. The molecule has 0 aromatic carbocycles. The lowest BCUT2D eigenvalue weighted by Crippen LogP contribution is -2.62. The Bertz CT molecular complexity index is 622. The van der Waals surface area contributed by atoms with E-state index in [1.54, 1.807) is 0 Å². The Morgan fingerprint density at radius 1 is 1.32 bits per heavy atom. The number of hydrogen-bond donors (Lipinski definition) is 1. The van der Waals surface area contributed by atoms with E-state index in [4.69, 9.17) is 9.84 Å². The Labute approximate surface area is 171 Å². The molecule has 0 saturated heterocycles. The number of carboxylic acid groups (broad SMARTS) is 1. The fourth-order valence-electron chi connectivity index (χ4n) is 5.71. The van der Waals surface area contributed by atoms with E-state index in [2.05, 4.69) is 47.6 Å². The molecular weight excluding hydrogens is 352 g/mol. The van der Waals surface area contributed by atoms with E-state index < -0.39 is 5.97 Å². The maximum atomic E-state index is 13.5. The maximum Gasteiger partial charge on any atom is 0.303 e. The summed E-state index contributed by atoms with van der Waals surface area (Å²) in [7, 11) is 0. The van der Waals surface area contributed by atoms with Crippen LogP contribution in [-0.2, 0) is 14.3 Å². The molecule has 28 heavy (non-hydrogen) atoms. The number of carbonyl (C=O) groups excluding carboxylic acids is 1. The first kappa shape index (κ1) is 23.1. The number of carboxylic acids is 1. The second-order valence-electron chi connectivity index (χ2n) is 10.3. The topological polar surface area (TPSA) is 63.6 Å². The summed E-state index contributed by atoms with van der Waals surface area (Å²) in [4.78, 5) is 24.6. The molecule has 0 aromatic heterocycles. The summed E-state index contributed by atoms with van der Waals surface area (Å²) < 4.78 is 6.27. The van der Waals surface area contributed by atoms with Crippen LogP contribution in [0.3, 0.4) is 0 Å². The fourth-order valence-corrected chi connectivity index (χ4v) is 5.71. The molecule has 6 atom stereocenters. The van der Waals surface area contributed by atoms with Gasteiger partial charge in [-0.1, -0.05) is 53.2 Å². The van der Waals surface area contributed by atoms with E-state index in [0.717, 1.165) is 25.7 Å². The number of Topliss-reactive ketones (excluding diaryl/α,β-unsaturated/α-hetero) is 1. The Kier molecular flexibility index (Phi) is 7.17. The number of aliphatic carboxylic acids is 1. The zero-order valence-corrected chi connectivity index (χ0v) is 18.9. The Hall–Kier alpha value is -1.16. The highest BCUT2D eigenvalue weighted by atomic mass is 16.5. The van der Waals surface area contributed by atoms with E-state index in [9.17, 15) is 9.59 Å². The van der Waals surface area contributed by atoms with Gasteiger partial charge in [0.25, 0.3) is 0 Å². The SMILES string of the molecule is CC1=CCCC2C(C)(CCC(C)CC(=O)O)C(C)C(=O)C(OCC(C)C)C12C. The van der Waals surface area contributed by atoms with Gasteiger partial charge in [-0.05, 0) is 55.8 Å². The van der Waals surface area contributed by atoms with Gasteiger partial charge >= 0.3 is 5.97 Å². The maximum absolute atomic E-state index is 13.5. The lowest BCUT2D eigenvalue weighted by atomic mass is 9.45. The zero-order chi connectivity index (χ0) is 21.3. The fraction of sp³-hybridized carbons (Fsp3) is 0.833. The van der Waals surface area contributed by atoms with Crippen LogP contribution in [0.1, 0.15) is 80.6 Å². The van der Waals surface area contributed by atoms with Crippen LogP contribution in [0.25, 0.3) is 0 Å². The normalized spacial score (nSPS) is 36.8. The molecule has 1 saturated carbocycles. The van der Waals surface area contributed by atoms with Gasteiger partial charge in [0, 0.05) is 24.4 Å². The highest BCUT2D eigenvalue weighted by molar-refractivity contribution is 5.88. The van der Waals surface area contributed by atoms with Crippen molar-refractivity contribution in [2.24, 2.45) is 34.5 Å². The van der Waals surface area contributed by atoms with Crippen molar-refractivity contribution in [2.75, 3.05) is 6.61 Å². The molecule has 2 rings (SSSR count). The summed E-state index contributed by atoms with van der Waals surface area (Å²) in [6.07, 6.45) is 5.95. The number of fused-ring (bicyclic) bond motifs is 1. The standard InChI is InChI=1S/C24H40O4/c1-15(2)14-28-22-21(27)18(5)23(6,12-11-16(3)13-20(25)26)19-10-8-9-17(4)24(19,22)7/h9,15-16,18-19,22H,8,10-14H2,1-7H3,(H,25,26). The zero-order valence-electron chi connectivity index (χ0n) is 18.9.